The second-order valence-corrected chi connectivity index (χ2v) is 0.612. The zero-order valence-corrected chi connectivity index (χ0v) is 5.95. The van der Waals surface area contributed by atoms with Crippen molar-refractivity contribution in [2.45, 2.75) is 0 Å². The van der Waals surface area contributed by atoms with E-state index in [4.69, 9.17) is 0 Å². The van der Waals surface area contributed by atoms with Gasteiger partial charge in [0.15, 0.2) is 0 Å². The second-order valence-electron chi connectivity index (χ2n) is 0.612. The SMILES string of the molecule is C1CO1.[K]. The zero-order chi connectivity index (χ0) is 2.12. The van der Waals surface area contributed by atoms with Gasteiger partial charge >= 0.3 is 0 Å². The van der Waals surface area contributed by atoms with Crippen molar-refractivity contribution in [3.63, 3.8) is 0 Å². The van der Waals surface area contributed by atoms with E-state index in [1.807, 2.05) is 0 Å². The minimum Gasteiger partial charge on any atom is -0.377 e. The Morgan fingerprint density at radius 2 is 1.50 bits per heavy atom. The van der Waals surface area contributed by atoms with Gasteiger partial charge in [0.25, 0.3) is 0 Å². The Bertz CT molecular complexity index is 10.8. The van der Waals surface area contributed by atoms with Crippen molar-refractivity contribution in [3.05, 3.63) is 0 Å². The molecule has 1 heterocycles. The minimum atomic E-state index is 0. The fourth-order valence-corrected chi connectivity index (χ4v) is 0. The smallest absolute Gasteiger partial charge is 0.0701 e. The van der Waals surface area contributed by atoms with E-state index in [0.717, 1.165) is 13.2 Å². The monoisotopic (exact) mass is 83.0 g/mol. The van der Waals surface area contributed by atoms with Gasteiger partial charge in [0.2, 0.25) is 0 Å². The summed E-state index contributed by atoms with van der Waals surface area (Å²) in [5.74, 6) is 0. The standard InChI is InChI=1S/C2H4O.K/c1-2-3-1;/h1-2H2;. The Kier molecular flexibility index (Phi) is 3.94. The van der Waals surface area contributed by atoms with Crippen molar-refractivity contribution in [1.82, 2.24) is 0 Å². The van der Waals surface area contributed by atoms with Gasteiger partial charge in [-0.1, -0.05) is 0 Å². The summed E-state index contributed by atoms with van der Waals surface area (Å²) >= 11 is 0. The van der Waals surface area contributed by atoms with Crippen LogP contribution in [0, 0.1) is 0 Å². The van der Waals surface area contributed by atoms with E-state index in [1.165, 1.54) is 0 Å². The van der Waals surface area contributed by atoms with E-state index < -0.39 is 0 Å². The molecule has 2 heteroatoms. The van der Waals surface area contributed by atoms with Crippen molar-refractivity contribution >= 4 is 51.4 Å². The third kappa shape index (κ3) is 3.60. The van der Waals surface area contributed by atoms with Crippen LogP contribution in [0.5, 0.6) is 0 Å². The molecule has 1 aliphatic heterocycles. The summed E-state index contributed by atoms with van der Waals surface area (Å²) in [6, 6.07) is 0. The molecule has 0 bridgehead atoms. The molecular weight excluding hydrogens is 79.1 g/mol. The summed E-state index contributed by atoms with van der Waals surface area (Å²) in [5.41, 5.74) is 0. The topological polar surface area (TPSA) is 12.5 Å². The van der Waals surface area contributed by atoms with Gasteiger partial charge in [-0.3, -0.25) is 0 Å². The molecule has 0 saturated carbocycles. The molecule has 0 aromatic carbocycles. The van der Waals surface area contributed by atoms with Crippen LogP contribution in [0.1, 0.15) is 0 Å². The van der Waals surface area contributed by atoms with Crippen LogP contribution in [0.15, 0.2) is 0 Å². The van der Waals surface area contributed by atoms with Crippen LogP contribution in [-0.4, -0.2) is 64.6 Å². The van der Waals surface area contributed by atoms with Crippen molar-refractivity contribution in [2.75, 3.05) is 13.2 Å². The molecule has 0 amide bonds. The molecule has 1 nitrogen and oxygen atoms in total. The predicted octanol–water partition coefficient (Wildman–Crippen LogP) is -0.364. The van der Waals surface area contributed by atoms with E-state index in [-0.39, 0.29) is 51.4 Å². The van der Waals surface area contributed by atoms with Crippen LogP contribution < -0.4 is 0 Å². The predicted molar refractivity (Wildman–Crippen MR) is 16.6 cm³/mol. The van der Waals surface area contributed by atoms with Gasteiger partial charge in [-0.25, -0.2) is 0 Å². The molecule has 4 heavy (non-hydrogen) atoms. The van der Waals surface area contributed by atoms with E-state index >= 15 is 0 Å². The van der Waals surface area contributed by atoms with Gasteiger partial charge in [0.05, 0.1) is 13.2 Å². The Morgan fingerprint density at radius 1 is 1.25 bits per heavy atom. The molecule has 0 unspecified atom stereocenters. The molecule has 0 N–H and O–H groups in total. The van der Waals surface area contributed by atoms with E-state index in [0.29, 0.717) is 0 Å². The van der Waals surface area contributed by atoms with E-state index in [1.54, 1.807) is 0 Å². The molecule has 1 aliphatic rings. The number of rotatable bonds is 0. The normalized spacial score (nSPS) is 18.0. The van der Waals surface area contributed by atoms with Crippen molar-refractivity contribution in [2.24, 2.45) is 0 Å². The minimum absolute atomic E-state index is 0. The molecule has 1 radical (unpaired) electrons. The van der Waals surface area contributed by atoms with Crippen LogP contribution in [-0.2, 0) is 4.74 Å². The molecule has 1 fully saturated rings. The number of hydrogen-bond donors (Lipinski definition) is 0. The summed E-state index contributed by atoms with van der Waals surface area (Å²) in [6.45, 7) is 2.00. The molecule has 19 valence electrons. The third-order valence-electron chi connectivity index (χ3n) is 0.204. The first kappa shape index (κ1) is 5.60. The quantitative estimate of drug-likeness (QED) is 0.288. The van der Waals surface area contributed by atoms with Gasteiger partial charge in [0.1, 0.15) is 0 Å². The number of hydrogen-bond acceptors (Lipinski definition) is 1. The maximum atomic E-state index is 4.50. The fourth-order valence-electron chi connectivity index (χ4n) is 0. The van der Waals surface area contributed by atoms with Crippen LogP contribution in [0.2, 0.25) is 0 Å². The third-order valence-corrected chi connectivity index (χ3v) is 0.204. The Balaban J connectivity index is 0.0000000900. The van der Waals surface area contributed by atoms with Gasteiger partial charge < -0.3 is 4.74 Å². The van der Waals surface area contributed by atoms with Crippen molar-refractivity contribution in [3.8, 4) is 0 Å². The molecule has 0 aromatic rings. The molecular formula is C2H4KO. The van der Waals surface area contributed by atoms with Crippen LogP contribution in [0.4, 0.5) is 0 Å². The first-order chi connectivity index (χ1) is 1.50. The summed E-state index contributed by atoms with van der Waals surface area (Å²) in [6.07, 6.45) is 0. The zero-order valence-electron chi connectivity index (χ0n) is 2.82. The van der Waals surface area contributed by atoms with Gasteiger partial charge in [0, 0.05) is 51.4 Å². The average molecular weight is 83.2 g/mol. The fraction of sp³-hybridized carbons (Fsp3) is 1.00. The van der Waals surface area contributed by atoms with Gasteiger partial charge in [-0.2, -0.15) is 0 Å². The Morgan fingerprint density at radius 3 is 1.50 bits per heavy atom. The van der Waals surface area contributed by atoms with Crippen LogP contribution in [0.3, 0.4) is 0 Å². The first-order valence-corrected chi connectivity index (χ1v) is 1.08. The van der Waals surface area contributed by atoms with Crippen LogP contribution in [0.25, 0.3) is 0 Å². The van der Waals surface area contributed by atoms with Gasteiger partial charge in [-0.15, -0.1) is 0 Å². The molecule has 0 spiro atoms. The number of epoxide rings is 1. The Hall–Kier alpha value is 1.60. The van der Waals surface area contributed by atoms with Gasteiger partial charge in [-0.05, 0) is 0 Å². The van der Waals surface area contributed by atoms with Crippen LogP contribution >= 0.6 is 0 Å². The number of ether oxygens (including phenoxy) is 1. The summed E-state index contributed by atoms with van der Waals surface area (Å²) in [4.78, 5) is 0. The maximum Gasteiger partial charge on any atom is 0.0701 e. The van der Waals surface area contributed by atoms with Crippen molar-refractivity contribution in [1.29, 1.82) is 0 Å². The molecule has 0 atom stereocenters. The van der Waals surface area contributed by atoms with Crippen molar-refractivity contribution < 1.29 is 4.74 Å². The summed E-state index contributed by atoms with van der Waals surface area (Å²) < 4.78 is 4.50. The maximum absolute atomic E-state index is 4.50. The van der Waals surface area contributed by atoms with E-state index in [2.05, 4.69) is 4.74 Å². The molecule has 1 rings (SSSR count). The first-order valence-electron chi connectivity index (χ1n) is 1.08. The largest absolute Gasteiger partial charge is 0.377 e. The Labute approximate surface area is 68.1 Å². The molecule has 0 aliphatic carbocycles. The average Bonchev–Trinajstić information content (AvgIpc) is 1.46. The summed E-state index contributed by atoms with van der Waals surface area (Å²) in [5, 5.41) is 0. The van der Waals surface area contributed by atoms with E-state index in [9.17, 15) is 0 Å². The molecule has 0 aromatic heterocycles. The second kappa shape index (κ2) is 2.81. The molecule has 1 saturated heterocycles. The summed E-state index contributed by atoms with van der Waals surface area (Å²) in [7, 11) is 0.